The third-order valence-corrected chi connectivity index (χ3v) is 7.37. The summed E-state index contributed by atoms with van der Waals surface area (Å²) in [6.07, 6.45) is 7.75. The molecule has 2 aromatic heterocycles. The van der Waals surface area contributed by atoms with Gasteiger partial charge in [0.05, 0.1) is 28.7 Å². The van der Waals surface area contributed by atoms with Crippen molar-refractivity contribution in [3.63, 3.8) is 0 Å². The second kappa shape index (κ2) is 10.4. The van der Waals surface area contributed by atoms with E-state index in [1.807, 2.05) is 57.3 Å². The first-order valence-corrected chi connectivity index (χ1v) is 13.8. The third kappa shape index (κ3) is 6.29. The SMILES string of the molecule is CC(C)(C)OC(=O)CC1CCN(c2ccc(Nc3c(C(=O)C4CC4)cnc4ccc(Br)cc34)cn2)CC1. The molecule has 3 aromatic rings. The smallest absolute Gasteiger partial charge is 0.306 e. The fourth-order valence-electron chi connectivity index (χ4n) is 4.83. The van der Waals surface area contributed by atoms with Crippen LogP contribution in [0.2, 0.25) is 0 Å². The van der Waals surface area contributed by atoms with Crippen molar-refractivity contribution in [1.29, 1.82) is 0 Å². The highest BCUT2D eigenvalue weighted by atomic mass is 79.9. The lowest BCUT2D eigenvalue weighted by molar-refractivity contribution is -0.156. The Labute approximate surface area is 226 Å². The molecule has 1 N–H and O–H groups in total. The Balaban J connectivity index is 1.27. The fraction of sp³-hybridized carbons (Fsp3) is 0.448. The van der Waals surface area contributed by atoms with E-state index in [9.17, 15) is 9.59 Å². The van der Waals surface area contributed by atoms with Gasteiger partial charge in [0.2, 0.25) is 0 Å². The van der Waals surface area contributed by atoms with Crippen LogP contribution in [-0.4, -0.2) is 40.4 Å². The molecule has 1 aliphatic carbocycles. The fourth-order valence-corrected chi connectivity index (χ4v) is 5.19. The average Bonchev–Trinajstić information content (AvgIpc) is 3.69. The zero-order valence-corrected chi connectivity index (χ0v) is 23.2. The summed E-state index contributed by atoms with van der Waals surface area (Å²) < 4.78 is 6.42. The molecular formula is C29H33BrN4O3. The standard InChI is InChI=1S/C29H33BrN4O3/c1-29(2,3)37-26(35)14-18-10-12-34(13-11-18)25-9-7-21(16-32-25)33-27-22-15-20(30)6-8-24(22)31-17-23(27)28(36)19-4-5-19/h6-9,15-19H,4-5,10-14H2,1-3H3,(H,31,33). The summed E-state index contributed by atoms with van der Waals surface area (Å²) in [6, 6.07) is 9.92. The summed E-state index contributed by atoms with van der Waals surface area (Å²) in [5.41, 5.74) is 2.62. The lowest BCUT2D eigenvalue weighted by Crippen LogP contribution is -2.35. The topological polar surface area (TPSA) is 84.4 Å². The molecule has 1 aliphatic heterocycles. The quantitative estimate of drug-likeness (QED) is 0.253. The van der Waals surface area contributed by atoms with Crippen LogP contribution in [0.4, 0.5) is 17.2 Å². The molecule has 0 bridgehead atoms. The zero-order chi connectivity index (χ0) is 26.2. The molecule has 0 radical (unpaired) electrons. The minimum Gasteiger partial charge on any atom is -0.460 e. The molecule has 0 atom stereocenters. The van der Waals surface area contributed by atoms with Crippen molar-refractivity contribution >= 4 is 55.8 Å². The van der Waals surface area contributed by atoms with Gasteiger partial charge in [0.15, 0.2) is 5.78 Å². The van der Waals surface area contributed by atoms with Gasteiger partial charge >= 0.3 is 5.97 Å². The number of esters is 1. The van der Waals surface area contributed by atoms with Crippen LogP contribution < -0.4 is 10.2 Å². The molecule has 0 unspecified atom stereocenters. The second-order valence-corrected chi connectivity index (χ2v) is 12.0. The maximum absolute atomic E-state index is 13.0. The molecule has 2 fully saturated rings. The number of rotatable bonds is 7. The molecule has 1 aromatic carbocycles. The van der Waals surface area contributed by atoms with E-state index in [2.05, 4.69) is 31.1 Å². The molecule has 7 nitrogen and oxygen atoms in total. The van der Waals surface area contributed by atoms with Gasteiger partial charge < -0.3 is 15.0 Å². The van der Waals surface area contributed by atoms with E-state index in [1.165, 1.54) is 0 Å². The van der Waals surface area contributed by atoms with Crippen LogP contribution in [0.5, 0.6) is 0 Å². The van der Waals surface area contributed by atoms with Gasteiger partial charge in [-0.1, -0.05) is 15.9 Å². The number of carbonyl (C=O) groups is 2. The van der Waals surface area contributed by atoms with Crippen molar-refractivity contribution in [1.82, 2.24) is 9.97 Å². The number of benzene rings is 1. The number of nitrogens with one attached hydrogen (secondary N) is 1. The van der Waals surface area contributed by atoms with Crippen molar-refractivity contribution in [3.8, 4) is 0 Å². The molecule has 0 amide bonds. The van der Waals surface area contributed by atoms with Gasteiger partial charge in [-0.05, 0) is 82.7 Å². The number of ether oxygens (including phenoxy) is 1. The molecule has 194 valence electrons. The van der Waals surface area contributed by atoms with E-state index in [0.717, 1.165) is 71.3 Å². The first kappa shape index (κ1) is 25.6. The van der Waals surface area contributed by atoms with Crippen molar-refractivity contribution in [2.24, 2.45) is 11.8 Å². The van der Waals surface area contributed by atoms with Gasteiger partial charge in [-0.25, -0.2) is 4.98 Å². The van der Waals surface area contributed by atoms with E-state index in [1.54, 1.807) is 6.20 Å². The third-order valence-electron chi connectivity index (χ3n) is 6.87. The van der Waals surface area contributed by atoms with E-state index in [0.29, 0.717) is 17.9 Å². The number of carbonyl (C=O) groups excluding carboxylic acids is 2. The van der Waals surface area contributed by atoms with E-state index in [4.69, 9.17) is 9.72 Å². The van der Waals surface area contributed by atoms with Crippen molar-refractivity contribution in [2.45, 2.75) is 58.5 Å². The van der Waals surface area contributed by atoms with Crippen LogP contribution in [0.3, 0.4) is 0 Å². The van der Waals surface area contributed by atoms with E-state index >= 15 is 0 Å². The Bertz CT molecular complexity index is 1310. The molecule has 3 heterocycles. The van der Waals surface area contributed by atoms with Gasteiger partial charge in [-0.15, -0.1) is 0 Å². The van der Waals surface area contributed by atoms with Gasteiger partial charge in [0, 0.05) is 41.5 Å². The van der Waals surface area contributed by atoms with Gasteiger partial charge in [0.1, 0.15) is 11.4 Å². The van der Waals surface area contributed by atoms with Gasteiger partial charge in [-0.3, -0.25) is 14.6 Å². The van der Waals surface area contributed by atoms with E-state index < -0.39 is 5.60 Å². The lowest BCUT2D eigenvalue weighted by atomic mass is 9.93. The number of Topliss-reactive ketones (excluding diaryl/α,β-unsaturated/α-hetero) is 1. The minimum absolute atomic E-state index is 0.103. The number of pyridine rings is 2. The lowest BCUT2D eigenvalue weighted by Gasteiger charge is -2.33. The number of hydrogen-bond acceptors (Lipinski definition) is 7. The monoisotopic (exact) mass is 564 g/mol. The van der Waals surface area contributed by atoms with Gasteiger partial charge in [0.25, 0.3) is 0 Å². The summed E-state index contributed by atoms with van der Waals surface area (Å²) in [5.74, 6) is 1.39. The normalized spacial score (nSPS) is 16.6. The number of ketones is 1. The second-order valence-electron chi connectivity index (χ2n) is 11.1. The molecule has 5 rings (SSSR count). The minimum atomic E-state index is -0.442. The number of piperidine rings is 1. The van der Waals surface area contributed by atoms with Crippen LogP contribution in [0.25, 0.3) is 10.9 Å². The summed E-state index contributed by atoms with van der Waals surface area (Å²) in [7, 11) is 0. The number of anilines is 3. The highest BCUT2D eigenvalue weighted by molar-refractivity contribution is 9.10. The van der Waals surface area contributed by atoms with Crippen molar-refractivity contribution in [3.05, 3.63) is 52.8 Å². The number of fused-ring (bicyclic) bond motifs is 1. The van der Waals surface area contributed by atoms with Crippen LogP contribution in [0.1, 0.15) is 63.2 Å². The predicted octanol–water partition coefficient (Wildman–Crippen LogP) is 6.68. The zero-order valence-electron chi connectivity index (χ0n) is 21.6. The largest absolute Gasteiger partial charge is 0.460 e. The van der Waals surface area contributed by atoms with Crippen molar-refractivity contribution in [2.75, 3.05) is 23.3 Å². The molecule has 1 saturated carbocycles. The Kier molecular flexibility index (Phi) is 7.21. The molecule has 37 heavy (non-hydrogen) atoms. The van der Waals surface area contributed by atoms with E-state index in [-0.39, 0.29) is 17.7 Å². The Morgan fingerprint density at radius 2 is 1.81 bits per heavy atom. The first-order chi connectivity index (χ1) is 17.7. The maximum Gasteiger partial charge on any atom is 0.306 e. The average molecular weight is 566 g/mol. The molecule has 2 aliphatic rings. The highest BCUT2D eigenvalue weighted by Crippen LogP contribution is 2.38. The number of aromatic nitrogens is 2. The molecule has 0 spiro atoms. The molecular weight excluding hydrogens is 532 g/mol. The Morgan fingerprint density at radius 3 is 2.46 bits per heavy atom. The van der Waals surface area contributed by atoms with Crippen LogP contribution in [-0.2, 0) is 9.53 Å². The first-order valence-electron chi connectivity index (χ1n) is 13.0. The molecule has 8 heteroatoms. The summed E-state index contributed by atoms with van der Waals surface area (Å²) >= 11 is 3.55. The number of hydrogen-bond donors (Lipinski definition) is 1. The molecule has 1 saturated heterocycles. The number of nitrogens with zero attached hydrogens (tertiary/aromatic N) is 3. The maximum atomic E-state index is 13.0. The summed E-state index contributed by atoms with van der Waals surface area (Å²) in [6.45, 7) is 7.42. The van der Waals surface area contributed by atoms with Crippen LogP contribution in [0, 0.1) is 11.8 Å². The van der Waals surface area contributed by atoms with Crippen molar-refractivity contribution < 1.29 is 14.3 Å². The Hall–Kier alpha value is -3.00. The van der Waals surface area contributed by atoms with Crippen LogP contribution in [0.15, 0.2) is 47.2 Å². The summed E-state index contributed by atoms with van der Waals surface area (Å²) in [4.78, 5) is 36.7. The number of halogens is 1. The highest BCUT2D eigenvalue weighted by Gasteiger charge is 2.32. The predicted molar refractivity (Wildman–Crippen MR) is 149 cm³/mol. The van der Waals surface area contributed by atoms with Gasteiger partial charge in [-0.2, -0.15) is 0 Å². The van der Waals surface area contributed by atoms with Crippen LogP contribution >= 0.6 is 15.9 Å². The summed E-state index contributed by atoms with van der Waals surface area (Å²) in [5, 5.41) is 4.37. The Morgan fingerprint density at radius 1 is 1.05 bits per heavy atom.